The van der Waals surface area contributed by atoms with Gasteiger partial charge in [0.1, 0.15) is 5.52 Å². The lowest BCUT2D eigenvalue weighted by atomic mass is 9.97. The van der Waals surface area contributed by atoms with Crippen LogP contribution in [0.2, 0.25) is 0 Å². The van der Waals surface area contributed by atoms with E-state index in [0.29, 0.717) is 5.22 Å². The predicted octanol–water partition coefficient (Wildman–Crippen LogP) is 4.97. The van der Waals surface area contributed by atoms with Crippen molar-refractivity contribution < 1.29 is 4.42 Å². The van der Waals surface area contributed by atoms with Gasteiger partial charge in [0.25, 0.3) is 5.22 Å². The second-order valence-electron chi connectivity index (χ2n) is 6.73. The molecule has 2 heterocycles. The number of hydrogen-bond donors (Lipinski definition) is 1. The molecule has 0 fully saturated rings. The Labute approximate surface area is 140 Å². The Balaban J connectivity index is 1.69. The van der Waals surface area contributed by atoms with E-state index in [4.69, 9.17) is 4.42 Å². The molecule has 3 aromatic rings. The molecule has 1 N–H and O–H groups in total. The molecule has 0 bridgehead atoms. The summed E-state index contributed by atoms with van der Waals surface area (Å²) < 4.78 is 5.79. The van der Waals surface area contributed by atoms with Gasteiger partial charge in [-0.1, -0.05) is 38.6 Å². The molecule has 0 aliphatic rings. The summed E-state index contributed by atoms with van der Waals surface area (Å²) in [5.74, 6) is 0.801. The van der Waals surface area contributed by atoms with E-state index in [0.717, 1.165) is 34.6 Å². The Morgan fingerprint density at radius 1 is 1.22 bits per heavy atom. The van der Waals surface area contributed by atoms with E-state index in [1.165, 1.54) is 0 Å². The number of fused-ring (bicyclic) bond motifs is 1. The molecule has 1 aromatic carbocycles. The second kappa shape index (κ2) is 6.62. The maximum atomic E-state index is 5.79. The van der Waals surface area contributed by atoms with Crippen LogP contribution in [0.25, 0.3) is 11.1 Å². The molecule has 0 spiro atoms. The summed E-state index contributed by atoms with van der Waals surface area (Å²) >= 11 is 1.58. The standard InChI is InChI=1S/C18H21N3OS/c1-18(2,3)12-20-14-6-7-16-15(9-14)21-17(22-16)23-11-13-5-4-8-19-10-13/h4-10,20H,11-12H2,1-3H3. The summed E-state index contributed by atoms with van der Waals surface area (Å²) in [5.41, 5.74) is 4.18. The van der Waals surface area contributed by atoms with E-state index in [2.05, 4.69) is 42.1 Å². The van der Waals surface area contributed by atoms with Crippen LogP contribution in [-0.2, 0) is 5.75 Å². The highest BCUT2D eigenvalue weighted by atomic mass is 32.2. The summed E-state index contributed by atoms with van der Waals surface area (Å²) in [7, 11) is 0. The van der Waals surface area contributed by atoms with Gasteiger partial charge in [-0.05, 0) is 35.2 Å². The lowest BCUT2D eigenvalue weighted by Crippen LogP contribution is -2.18. The van der Waals surface area contributed by atoms with E-state index in [1.54, 1.807) is 18.0 Å². The minimum absolute atomic E-state index is 0.240. The van der Waals surface area contributed by atoms with Gasteiger partial charge in [0, 0.05) is 30.4 Å². The summed E-state index contributed by atoms with van der Waals surface area (Å²) in [5, 5.41) is 4.14. The first-order valence-electron chi connectivity index (χ1n) is 7.66. The zero-order valence-corrected chi connectivity index (χ0v) is 14.5. The fourth-order valence-corrected chi connectivity index (χ4v) is 2.85. The topological polar surface area (TPSA) is 51.0 Å². The highest BCUT2D eigenvalue weighted by Crippen LogP contribution is 2.28. The summed E-state index contributed by atoms with van der Waals surface area (Å²) in [6.07, 6.45) is 3.64. The van der Waals surface area contributed by atoms with Gasteiger partial charge in [-0.3, -0.25) is 4.98 Å². The molecule has 5 heteroatoms. The first kappa shape index (κ1) is 15.9. The van der Waals surface area contributed by atoms with Crippen LogP contribution in [0.3, 0.4) is 0 Å². The van der Waals surface area contributed by atoms with E-state index in [9.17, 15) is 0 Å². The Morgan fingerprint density at radius 3 is 2.83 bits per heavy atom. The molecule has 0 aliphatic heterocycles. The fraction of sp³-hybridized carbons (Fsp3) is 0.333. The number of benzene rings is 1. The molecular weight excluding hydrogens is 306 g/mol. The van der Waals surface area contributed by atoms with Gasteiger partial charge in [0.2, 0.25) is 0 Å². The lowest BCUT2D eigenvalue weighted by molar-refractivity contribution is 0.443. The zero-order valence-electron chi connectivity index (χ0n) is 13.7. The van der Waals surface area contributed by atoms with Crippen LogP contribution in [0.1, 0.15) is 26.3 Å². The third-order valence-electron chi connectivity index (χ3n) is 3.28. The van der Waals surface area contributed by atoms with Crippen LogP contribution < -0.4 is 5.32 Å². The van der Waals surface area contributed by atoms with Gasteiger partial charge in [-0.25, -0.2) is 4.98 Å². The minimum Gasteiger partial charge on any atom is -0.431 e. The molecule has 3 rings (SSSR count). The predicted molar refractivity (Wildman–Crippen MR) is 95.8 cm³/mol. The van der Waals surface area contributed by atoms with Crippen LogP contribution in [0, 0.1) is 5.41 Å². The molecule has 4 nitrogen and oxygen atoms in total. The van der Waals surface area contributed by atoms with Gasteiger partial charge in [0.05, 0.1) is 0 Å². The number of aromatic nitrogens is 2. The number of hydrogen-bond acceptors (Lipinski definition) is 5. The SMILES string of the molecule is CC(C)(C)CNc1ccc2oc(SCc3cccnc3)nc2c1. The molecule has 2 aromatic heterocycles. The normalized spacial score (nSPS) is 11.8. The Morgan fingerprint density at radius 2 is 2.09 bits per heavy atom. The maximum absolute atomic E-state index is 5.79. The Hall–Kier alpha value is -2.01. The van der Waals surface area contributed by atoms with Crippen molar-refractivity contribution in [3.63, 3.8) is 0 Å². The van der Waals surface area contributed by atoms with Gasteiger partial charge >= 0.3 is 0 Å². The third kappa shape index (κ3) is 4.48. The molecule has 23 heavy (non-hydrogen) atoms. The second-order valence-corrected chi connectivity index (χ2v) is 7.65. The van der Waals surface area contributed by atoms with Crippen molar-refractivity contribution in [2.24, 2.45) is 5.41 Å². The minimum atomic E-state index is 0.240. The van der Waals surface area contributed by atoms with Crippen LogP contribution in [0.5, 0.6) is 0 Å². The van der Waals surface area contributed by atoms with Crippen molar-refractivity contribution in [1.29, 1.82) is 0 Å². The van der Waals surface area contributed by atoms with Gasteiger partial charge in [0.15, 0.2) is 5.58 Å². The molecule has 0 aliphatic carbocycles. The molecule has 0 saturated heterocycles. The van der Waals surface area contributed by atoms with Crippen molar-refractivity contribution in [3.05, 3.63) is 48.3 Å². The molecular formula is C18H21N3OS. The Kier molecular flexibility index (Phi) is 4.57. The molecule has 0 radical (unpaired) electrons. The number of rotatable bonds is 5. The van der Waals surface area contributed by atoms with Crippen molar-refractivity contribution in [2.75, 3.05) is 11.9 Å². The number of thioether (sulfide) groups is 1. The molecule has 0 atom stereocenters. The monoisotopic (exact) mass is 327 g/mol. The van der Waals surface area contributed by atoms with Crippen LogP contribution >= 0.6 is 11.8 Å². The fourth-order valence-electron chi connectivity index (χ4n) is 2.07. The quantitative estimate of drug-likeness (QED) is 0.670. The maximum Gasteiger partial charge on any atom is 0.257 e. The summed E-state index contributed by atoms with van der Waals surface area (Å²) in [4.78, 5) is 8.69. The number of pyridine rings is 1. The molecule has 120 valence electrons. The molecule has 0 amide bonds. The van der Waals surface area contributed by atoms with Crippen molar-refractivity contribution in [3.8, 4) is 0 Å². The van der Waals surface area contributed by atoms with Crippen molar-refractivity contribution >= 4 is 28.5 Å². The first-order valence-corrected chi connectivity index (χ1v) is 8.64. The number of anilines is 1. The summed E-state index contributed by atoms with van der Waals surface area (Å²) in [6, 6.07) is 10.0. The van der Waals surface area contributed by atoms with Gasteiger partial charge in [-0.2, -0.15) is 0 Å². The number of nitrogens with zero attached hydrogens (tertiary/aromatic N) is 2. The smallest absolute Gasteiger partial charge is 0.257 e. The van der Waals surface area contributed by atoms with Crippen LogP contribution in [0.4, 0.5) is 5.69 Å². The average Bonchev–Trinajstić information content (AvgIpc) is 2.93. The van der Waals surface area contributed by atoms with Gasteiger partial charge in [-0.15, -0.1) is 0 Å². The molecule has 0 unspecified atom stereocenters. The van der Waals surface area contributed by atoms with E-state index in [1.807, 2.05) is 30.5 Å². The molecule has 0 saturated carbocycles. The average molecular weight is 327 g/mol. The Bertz CT molecular complexity index is 778. The van der Waals surface area contributed by atoms with E-state index >= 15 is 0 Å². The van der Waals surface area contributed by atoms with Gasteiger partial charge < -0.3 is 9.73 Å². The van der Waals surface area contributed by atoms with E-state index < -0.39 is 0 Å². The number of oxazole rings is 1. The third-order valence-corrected chi connectivity index (χ3v) is 4.18. The summed E-state index contributed by atoms with van der Waals surface area (Å²) in [6.45, 7) is 7.55. The highest BCUT2D eigenvalue weighted by molar-refractivity contribution is 7.98. The first-order chi connectivity index (χ1) is 11.0. The van der Waals surface area contributed by atoms with Crippen LogP contribution in [-0.4, -0.2) is 16.5 Å². The lowest BCUT2D eigenvalue weighted by Gasteiger charge is -2.19. The number of nitrogens with one attached hydrogen (secondary N) is 1. The highest BCUT2D eigenvalue weighted by Gasteiger charge is 2.11. The largest absolute Gasteiger partial charge is 0.431 e. The van der Waals surface area contributed by atoms with Crippen molar-refractivity contribution in [1.82, 2.24) is 9.97 Å². The van der Waals surface area contributed by atoms with E-state index in [-0.39, 0.29) is 5.41 Å². The van der Waals surface area contributed by atoms with Crippen LogP contribution in [0.15, 0.2) is 52.4 Å². The zero-order chi connectivity index (χ0) is 16.3. The van der Waals surface area contributed by atoms with Crippen molar-refractivity contribution in [2.45, 2.75) is 31.7 Å².